The first kappa shape index (κ1) is 14.3. The third kappa shape index (κ3) is 3.17. The summed E-state index contributed by atoms with van der Waals surface area (Å²) < 4.78 is 21.7. The van der Waals surface area contributed by atoms with Crippen LogP contribution in [0.4, 0.5) is 0 Å². The maximum absolute atomic E-state index is 12.1. The van der Waals surface area contributed by atoms with Gasteiger partial charge >= 0.3 is 0 Å². The van der Waals surface area contributed by atoms with Crippen LogP contribution in [0.1, 0.15) is 44.9 Å². The molecule has 0 atom stereocenters. The van der Waals surface area contributed by atoms with Crippen LogP contribution in [0.5, 0.6) is 0 Å². The molecule has 0 aliphatic heterocycles. The van der Waals surface area contributed by atoms with Gasteiger partial charge in [0, 0.05) is 13.0 Å². The van der Waals surface area contributed by atoms with Crippen molar-refractivity contribution < 1.29 is 13.2 Å². The molecule has 0 saturated heterocycles. The summed E-state index contributed by atoms with van der Waals surface area (Å²) in [6, 6.07) is 0. The van der Waals surface area contributed by atoms with Crippen molar-refractivity contribution >= 4 is 15.9 Å². The number of amides is 1. The second kappa shape index (κ2) is 4.98. The first-order valence-corrected chi connectivity index (χ1v) is 9.32. The molecule has 1 amide bonds. The number of rotatable bonds is 5. The summed E-state index contributed by atoms with van der Waals surface area (Å²) >= 11 is 0. The molecule has 4 rings (SSSR count). The van der Waals surface area contributed by atoms with E-state index in [0.29, 0.717) is 6.42 Å². The summed E-state index contributed by atoms with van der Waals surface area (Å²) in [5, 5.41) is 7.65. The van der Waals surface area contributed by atoms with Gasteiger partial charge in [0.15, 0.2) is 0 Å². The molecule has 6 heteroatoms. The Morgan fingerprint density at radius 1 is 1.10 bits per heavy atom. The molecule has 0 heterocycles. The molecule has 0 aromatic rings. The van der Waals surface area contributed by atoms with Crippen LogP contribution in [0.15, 0.2) is 0 Å². The molecule has 0 aromatic heterocycles. The van der Waals surface area contributed by atoms with E-state index in [1.807, 2.05) is 0 Å². The zero-order valence-electron chi connectivity index (χ0n) is 11.8. The van der Waals surface area contributed by atoms with Crippen LogP contribution in [0.25, 0.3) is 0 Å². The normalized spacial score (nSPS) is 39.0. The van der Waals surface area contributed by atoms with Crippen molar-refractivity contribution in [1.82, 2.24) is 5.32 Å². The molecule has 4 aliphatic carbocycles. The molecule has 20 heavy (non-hydrogen) atoms. The van der Waals surface area contributed by atoms with Crippen LogP contribution < -0.4 is 10.5 Å². The van der Waals surface area contributed by atoms with Gasteiger partial charge in [-0.15, -0.1) is 0 Å². The fourth-order valence-corrected chi connectivity index (χ4v) is 5.63. The third-order valence-corrected chi connectivity index (χ3v) is 6.18. The lowest BCUT2D eigenvalue weighted by molar-refractivity contribution is -0.129. The summed E-state index contributed by atoms with van der Waals surface area (Å²) in [5.74, 6) is 2.31. The van der Waals surface area contributed by atoms with Gasteiger partial charge in [-0.05, 0) is 61.7 Å². The smallest absolute Gasteiger partial charge is 0.220 e. The molecule has 4 saturated carbocycles. The van der Waals surface area contributed by atoms with Crippen molar-refractivity contribution in [3.05, 3.63) is 0 Å². The average Bonchev–Trinajstić information content (AvgIpc) is 2.23. The first-order valence-electron chi connectivity index (χ1n) is 7.61. The summed E-state index contributed by atoms with van der Waals surface area (Å²) in [4.78, 5) is 12.1. The van der Waals surface area contributed by atoms with Gasteiger partial charge < -0.3 is 5.32 Å². The largest absolute Gasteiger partial charge is 0.355 e. The molecule has 114 valence electrons. The average molecular weight is 300 g/mol. The van der Waals surface area contributed by atoms with Gasteiger partial charge in [-0.2, -0.15) is 0 Å². The molecule has 0 radical (unpaired) electrons. The highest BCUT2D eigenvalue weighted by Gasteiger charge is 2.51. The summed E-state index contributed by atoms with van der Waals surface area (Å²) in [6.07, 6.45) is 8.26. The number of nitrogens with one attached hydrogen (secondary N) is 1. The molecular weight excluding hydrogens is 276 g/mol. The third-order valence-electron chi connectivity index (χ3n) is 5.41. The Hall–Kier alpha value is -0.620. The lowest BCUT2D eigenvalue weighted by Gasteiger charge is -2.56. The molecule has 0 unspecified atom stereocenters. The van der Waals surface area contributed by atoms with Crippen molar-refractivity contribution in [3.63, 3.8) is 0 Å². The van der Waals surface area contributed by atoms with E-state index >= 15 is 0 Å². The van der Waals surface area contributed by atoms with E-state index in [1.54, 1.807) is 0 Å². The van der Waals surface area contributed by atoms with E-state index in [0.717, 1.165) is 17.8 Å². The standard InChI is InChI=1S/C14H24N2O3S/c15-20(18,19)2-1-16-13(17)9-14-6-10-3-11(7-14)5-12(4-10)8-14/h10-12H,1-9H2,(H,16,17)(H2,15,18,19). The minimum absolute atomic E-state index is 0.00407. The van der Waals surface area contributed by atoms with E-state index < -0.39 is 10.0 Å². The van der Waals surface area contributed by atoms with Gasteiger partial charge in [-0.3, -0.25) is 4.79 Å². The zero-order chi connectivity index (χ0) is 14.4. The van der Waals surface area contributed by atoms with Crippen LogP contribution in [0.3, 0.4) is 0 Å². The van der Waals surface area contributed by atoms with Crippen LogP contribution in [0.2, 0.25) is 0 Å². The predicted octanol–water partition coefficient (Wildman–Crippen LogP) is 0.998. The molecule has 0 spiro atoms. The Balaban J connectivity index is 1.54. The van der Waals surface area contributed by atoms with Crippen molar-refractivity contribution in [2.45, 2.75) is 44.9 Å². The van der Waals surface area contributed by atoms with E-state index in [2.05, 4.69) is 5.32 Å². The lowest BCUT2D eigenvalue weighted by atomic mass is 9.49. The highest BCUT2D eigenvalue weighted by molar-refractivity contribution is 7.89. The maximum atomic E-state index is 12.1. The second-order valence-corrected chi connectivity index (χ2v) is 9.05. The van der Waals surface area contributed by atoms with Gasteiger partial charge in [0.05, 0.1) is 5.75 Å². The van der Waals surface area contributed by atoms with Gasteiger partial charge in [-0.25, -0.2) is 13.6 Å². The van der Waals surface area contributed by atoms with Crippen LogP contribution in [-0.2, 0) is 14.8 Å². The topological polar surface area (TPSA) is 89.3 Å². The minimum atomic E-state index is -3.49. The SMILES string of the molecule is NS(=O)(=O)CCNC(=O)CC12CC3CC(CC(C3)C1)C2. The Kier molecular flexibility index (Phi) is 3.57. The van der Waals surface area contributed by atoms with Crippen molar-refractivity contribution in [1.29, 1.82) is 0 Å². The van der Waals surface area contributed by atoms with Crippen molar-refractivity contribution in [2.75, 3.05) is 12.3 Å². The number of nitrogens with two attached hydrogens (primary N) is 1. The van der Waals surface area contributed by atoms with Gasteiger partial charge in [0.2, 0.25) is 15.9 Å². The van der Waals surface area contributed by atoms with Gasteiger partial charge in [0.1, 0.15) is 0 Å². The lowest BCUT2D eigenvalue weighted by Crippen LogP contribution is -2.48. The number of hydrogen-bond donors (Lipinski definition) is 2. The first-order chi connectivity index (χ1) is 9.34. The number of primary sulfonamides is 1. The fraction of sp³-hybridized carbons (Fsp3) is 0.929. The second-order valence-electron chi connectivity index (χ2n) is 7.31. The molecule has 0 aromatic carbocycles. The number of sulfonamides is 1. The highest BCUT2D eigenvalue weighted by Crippen LogP contribution is 2.61. The van der Waals surface area contributed by atoms with Crippen LogP contribution in [0, 0.1) is 23.2 Å². The highest BCUT2D eigenvalue weighted by atomic mass is 32.2. The Bertz CT molecular complexity index is 465. The van der Waals surface area contributed by atoms with Crippen molar-refractivity contribution in [3.8, 4) is 0 Å². The Morgan fingerprint density at radius 3 is 2.05 bits per heavy atom. The van der Waals surface area contributed by atoms with Crippen LogP contribution in [-0.4, -0.2) is 26.6 Å². The minimum Gasteiger partial charge on any atom is -0.355 e. The summed E-state index contributed by atoms with van der Waals surface area (Å²) in [5.41, 5.74) is 0.209. The van der Waals surface area contributed by atoms with E-state index in [9.17, 15) is 13.2 Å². The molecule has 4 fully saturated rings. The van der Waals surface area contributed by atoms with Gasteiger partial charge in [-0.1, -0.05) is 0 Å². The monoisotopic (exact) mass is 300 g/mol. The van der Waals surface area contributed by atoms with Crippen molar-refractivity contribution in [2.24, 2.45) is 28.3 Å². The number of carbonyl (C=O) groups is 1. The molecule has 4 aliphatic rings. The Morgan fingerprint density at radius 2 is 1.60 bits per heavy atom. The predicted molar refractivity (Wildman–Crippen MR) is 76.2 cm³/mol. The molecule has 4 bridgehead atoms. The molecule has 3 N–H and O–H groups in total. The number of hydrogen-bond acceptors (Lipinski definition) is 3. The quantitative estimate of drug-likeness (QED) is 0.793. The summed E-state index contributed by atoms with van der Waals surface area (Å²) in [6.45, 7) is 0.129. The molecule has 5 nitrogen and oxygen atoms in total. The fourth-order valence-electron chi connectivity index (χ4n) is 5.24. The maximum Gasteiger partial charge on any atom is 0.220 e. The number of carbonyl (C=O) groups excluding carboxylic acids is 1. The van der Waals surface area contributed by atoms with E-state index in [4.69, 9.17) is 5.14 Å². The van der Waals surface area contributed by atoms with E-state index in [1.165, 1.54) is 38.5 Å². The van der Waals surface area contributed by atoms with Crippen LogP contribution >= 0.6 is 0 Å². The van der Waals surface area contributed by atoms with E-state index in [-0.39, 0.29) is 23.6 Å². The summed E-state index contributed by atoms with van der Waals surface area (Å²) in [7, 11) is -3.49. The molecular formula is C14H24N2O3S. The zero-order valence-corrected chi connectivity index (χ0v) is 12.6. The van der Waals surface area contributed by atoms with Gasteiger partial charge in [0.25, 0.3) is 0 Å². The Labute approximate surface area is 120 Å².